The van der Waals surface area contributed by atoms with Gasteiger partial charge in [0.25, 0.3) is 0 Å². The molecule has 0 unspecified atom stereocenters. The maximum Gasteiger partial charge on any atom is 0.200 e. The first kappa shape index (κ1) is 13.0. The van der Waals surface area contributed by atoms with Crippen LogP contribution in [0.15, 0.2) is 34.5 Å². The predicted molar refractivity (Wildman–Crippen MR) is 73.8 cm³/mol. The van der Waals surface area contributed by atoms with E-state index in [1.54, 1.807) is 31.2 Å². The summed E-state index contributed by atoms with van der Waals surface area (Å²) in [5, 5.41) is 0.535. The minimum atomic E-state index is -0.0741. The fraction of sp³-hybridized carbons (Fsp3) is 0.133. The van der Waals surface area contributed by atoms with E-state index in [2.05, 4.69) is 13.2 Å². The molecule has 0 radical (unpaired) electrons. The molecule has 1 heterocycles. The number of hydrogen-bond donors (Lipinski definition) is 0. The van der Waals surface area contributed by atoms with Crippen molar-refractivity contribution in [3.63, 3.8) is 0 Å². The molecule has 1 aromatic heterocycles. The molecule has 88 valence electrons. The van der Waals surface area contributed by atoms with Crippen molar-refractivity contribution in [2.45, 2.75) is 13.8 Å². The van der Waals surface area contributed by atoms with Crippen LogP contribution in [0.25, 0.3) is 24.3 Å². The topological polar surface area (TPSA) is 30.2 Å². The molecule has 1 aromatic rings. The summed E-state index contributed by atoms with van der Waals surface area (Å²) in [4.78, 5) is 12.2. The lowest BCUT2D eigenvalue weighted by atomic mass is 10.1. The van der Waals surface area contributed by atoms with Gasteiger partial charge in [0, 0.05) is 0 Å². The molecule has 0 spiro atoms. The summed E-state index contributed by atoms with van der Waals surface area (Å²) in [5.41, 5.74) is 0.929. The lowest BCUT2D eigenvalue weighted by molar-refractivity contribution is 0.497. The normalized spacial score (nSPS) is 13.3. The third-order valence-electron chi connectivity index (χ3n) is 2.32. The van der Waals surface area contributed by atoms with Crippen LogP contribution in [-0.2, 0) is 0 Å². The van der Waals surface area contributed by atoms with Gasteiger partial charge in [0.1, 0.15) is 11.2 Å². The van der Waals surface area contributed by atoms with Gasteiger partial charge in [-0.15, -0.1) is 0 Å². The zero-order valence-electron chi connectivity index (χ0n) is 10.2. The first-order valence-electron chi connectivity index (χ1n) is 5.40. The molecule has 1 rings (SSSR count). The number of rotatable bonds is 3. The highest BCUT2D eigenvalue weighted by molar-refractivity contribution is 5.60. The van der Waals surface area contributed by atoms with Crippen molar-refractivity contribution in [1.29, 1.82) is 0 Å². The van der Waals surface area contributed by atoms with Crippen LogP contribution in [0, 0.1) is 0 Å². The van der Waals surface area contributed by atoms with Gasteiger partial charge in [0.15, 0.2) is 5.43 Å². The van der Waals surface area contributed by atoms with Crippen molar-refractivity contribution in [3.8, 4) is 0 Å². The van der Waals surface area contributed by atoms with Gasteiger partial charge in [-0.05, 0) is 26.0 Å². The summed E-state index contributed by atoms with van der Waals surface area (Å²) in [5.74, 6) is 0.520. The molecular formula is C15H16O2. The molecule has 0 bridgehead atoms. The fourth-order valence-electron chi connectivity index (χ4n) is 1.57. The van der Waals surface area contributed by atoms with Gasteiger partial charge in [-0.2, -0.15) is 0 Å². The first-order chi connectivity index (χ1) is 8.19. The molecule has 0 aliphatic heterocycles. The Morgan fingerprint density at radius 2 is 1.94 bits per heavy atom. The minimum Gasteiger partial charge on any atom is -0.456 e. The van der Waals surface area contributed by atoms with Gasteiger partial charge < -0.3 is 4.42 Å². The molecule has 17 heavy (non-hydrogen) atoms. The fourth-order valence-corrected chi connectivity index (χ4v) is 1.57. The lowest BCUT2D eigenvalue weighted by Gasteiger charge is -2.00. The molecule has 2 nitrogen and oxygen atoms in total. The Hall–Kier alpha value is -2.09. The van der Waals surface area contributed by atoms with E-state index in [1.807, 2.05) is 13.0 Å². The molecule has 0 N–H and O–H groups in total. The molecule has 0 saturated carbocycles. The van der Waals surface area contributed by atoms with E-state index in [9.17, 15) is 4.79 Å². The summed E-state index contributed by atoms with van der Waals surface area (Å²) in [6, 6.07) is 0. The highest BCUT2D eigenvalue weighted by Crippen LogP contribution is 2.04. The second-order valence-electron chi connectivity index (χ2n) is 3.38. The van der Waals surface area contributed by atoms with E-state index < -0.39 is 0 Å². The highest BCUT2D eigenvalue weighted by atomic mass is 16.3. The summed E-state index contributed by atoms with van der Waals surface area (Å²) in [6.45, 7) is 10.9. The maximum absolute atomic E-state index is 12.2. The van der Waals surface area contributed by atoms with Crippen molar-refractivity contribution in [2.75, 3.05) is 0 Å². The Morgan fingerprint density at radius 3 is 2.41 bits per heavy atom. The van der Waals surface area contributed by atoms with Gasteiger partial charge in [-0.1, -0.05) is 37.5 Å². The van der Waals surface area contributed by atoms with E-state index in [0.717, 1.165) is 0 Å². The van der Waals surface area contributed by atoms with Crippen LogP contribution in [0.3, 0.4) is 0 Å². The summed E-state index contributed by atoms with van der Waals surface area (Å²) >= 11 is 0. The van der Waals surface area contributed by atoms with Crippen LogP contribution in [0.1, 0.15) is 25.2 Å². The van der Waals surface area contributed by atoms with Gasteiger partial charge in [0.2, 0.25) is 0 Å². The Balaban J connectivity index is 3.94. The van der Waals surface area contributed by atoms with Crippen molar-refractivity contribution in [2.24, 2.45) is 0 Å². The number of allylic oxidation sites excluding steroid dienone is 2. The monoisotopic (exact) mass is 228 g/mol. The average Bonchev–Trinajstić information content (AvgIpc) is 2.30. The Bertz CT molecular complexity index is 628. The second kappa shape index (κ2) is 5.85. The van der Waals surface area contributed by atoms with Crippen molar-refractivity contribution in [1.82, 2.24) is 0 Å². The molecule has 0 amide bonds. The van der Waals surface area contributed by atoms with Gasteiger partial charge in [0.05, 0.1) is 10.8 Å². The Kier molecular flexibility index (Phi) is 4.46. The SMILES string of the molecule is C=C/C=c1/oc(/C=C\C)c(C=C)c(=O)/c1=C/C. The van der Waals surface area contributed by atoms with E-state index in [1.165, 1.54) is 6.08 Å². The second-order valence-corrected chi connectivity index (χ2v) is 3.38. The molecule has 0 aliphatic carbocycles. The van der Waals surface area contributed by atoms with Crippen LogP contribution < -0.4 is 16.1 Å². The van der Waals surface area contributed by atoms with Crippen LogP contribution in [0.5, 0.6) is 0 Å². The zero-order valence-corrected chi connectivity index (χ0v) is 10.2. The molecule has 0 aliphatic rings. The van der Waals surface area contributed by atoms with Crippen molar-refractivity contribution >= 4 is 24.3 Å². The molecule has 2 heteroatoms. The standard InChI is InChI=1S/C15H16O2/c1-5-9-13-11(7-3)15(16)12(8-4)14(17-13)10-6-2/h5-10H,1,4H2,2-3H3/b10-6-,11-7+,13-9+. The molecule has 0 atom stereocenters. The maximum atomic E-state index is 12.2. The van der Waals surface area contributed by atoms with E-state index >= 15 is 0 Å². The van der Waals surface area contributed by atoms with Crippen LogP contribution in [-0.4, -0.2) is 0 Å². The first-order valence-corrected chi connectivity index (χ1v) is 5.40. The Morgan fingerprint density at radius 1 is 1.24 bits per heavy atom. The highest BCUT2D eigenvalue weighted by Gasteiger charge is 2.06. The molecule has 0 fully saturated rings. The Labute approximate surface area is 101 Å². The molecule has 0 aromatic carbocycles. The van der Waals surface area contributed by atoms with Crippen LogP contribution in [0.4, 0.5) is 0 Å². The summed E-state index contributed by atoms with van der Waals surface area (Å²) in [7, 11) is 0. The van der Waals surface area contributed by atoms with Gasteiger partial charge in [-0.25, -0.2) is 0 Å². The molecule has 0 saturated heterocycles. The zero-order chi connectivity index (χ0) is 12.8. The third kappa shape index (κ3) is 2.53. The largest absolute Gasteiger partial charge is 0.456 e. The smallest absolute Gasteiger partial charge is 0.200 e. The van der Waals surface area contributed by atoms with E-state index in [-0.39, 0.29) is 5.43 Å². The van der Waals surface area contributed by atoms with E-state index in [0.29, 0.717) is 22.0 Å². The lowest BCUT2D eigenvalue weighted by Crippen LogP contribution is -2.40. The van der Waals surface area contributed by atoms with Crippen LogP contribution in [0.2, 0.25) is 0 Å². The van der Waals surface area contributed by atoms with Gasteiger partial charge >= 0.3 is 0 Å². The van der Waals surface area contributed by atoms with Gasteiger partial charge in [-0.3, -0.25) is 4.79 Å². The molecular weight excluding hydrogens is 212 g/mol. The average molecular weight is 228 g/mol. The summed E-state index contributed by atoms with van der Waals surface area (Å²) in [6.07, 6.45) is 10.1. The predicted octanol–water partition coefficient (Wildman–Crippen LogP) is 2.08. The minimum absolute atomic E-state index is 0.0741. The third-order valence-corrected chi connectivity index (χ3v) is 2.32. The van der Waals surface area contributed by atoms with Crippen LogP contribution >= 0.6 is 0 Å². The van der Waals surface area contributed by atoms with Crippen molar-refractivity contribution < 1.29 is 4.42 Å². The summed E-state index contributed by atoms with van der Waals surface area (Å²) < 4.78 is 5.67. The van der Waals surface area contributed by atoms with Crippen molar-refractivity contribution in [3.05, 3.63) is 57.5 Å². The number of hydrogen-bond acceptors (Lipinski definition) is 2. The quantitative estimate of drug-likeness (QED) is 0.793. The van der Waals surface area contributed by atoms with E-state index in [4.69, 9.17) is 4.42 Å².